The fraction of sp³-hybridized carbons (Fsp3) is 0.444. The number of carbonyl (C=O) groups excluding carboxylic acids is 1. The van der Waals surface area contributed by atoms with Crippen LogP contribution in [-0.2, 0) is 6.54 Å². The summed E-state index contributed by atoms with van der Waals surface area (Å²) in [5.74, 6) is 2.74. The van der Waals surface area contributed by atoms with Crippen molar-refractivity contribution in [2.24, 2.45) is 5.92 Å². The van der Waals surface area contributed by atoms with Crippen molar-refractivity contribution in [2.45, 2.75) is 24.5 Å². The van der Waals surface area contributed by atoms with Gasteiger partial charge < -0.3 is 10.6 Å². The predicted molar refractivity (Wildman–Crippen MR) is 107 cm³/mol. The Kier molecular flexibility index (Phi) is 6.69. The number of hydrogen-bond donors (Lipinski definition) is 2. The molecule has 2 heterocycles. The molecule has 1 aromatic carbocycles. The molecule has 1 fully saturated rings. The fourth-order valence-corrected chi connectivity index (χ4v) is 5.55. The molecule has 134 valence electrons. The standard InChI is InChI=1S/C18H24N4OS2/c1-14(13-22-8-3-7-20-22)12-19-18(23)21-16-6-2-5-15(11-16)17-24-9-4-10-25-17/h2-3,5-8,11,14,17H,4,9-10,12-13H2,1H3,(H2,19,21,23)/t14-/m1/s1. The molecule has 5 nitrogen and oxygen atoms in total. The number of anilines is 1. The van der Waals surface area contributed by atoms with E-state index in [0.717, 1.165) is 12.2 Å². The first-order valence-electron chi connectivity index (χ1n) is 8.56. The molecule has 2 N–H and O–H groups in total. The van der Waals surface area contributed by atoms with Gasteiger partial charge in [0.05, 0.1) is 4.58 Å². The van der Waals surface area contributed by atoms with Crippen LogP contribution in [0.4, 0.5) is 10.5 Å². The number of nitrogens with one attached hydrogen (secondary N) is 2. The molecule has 1 aliphatic heterocycles. The van der Waals surface area contributed by atoms with Crippen LogP contribution >= 0.6 is 23.5 Å². The third-order valence-corrected chi connectivity index (χ3v) is 6.93. The SMILES string of the molecule is C[C@H](CNC(=O)Nc1cccc(C2SCCCS2)c1)Cn1cccn1. The number of aromatic nitrogens is 2. The lowest BCUT2D eigenvalue weighted by molar-refractivity contribution is 0.249. The topological polar surface area (TPSA) is 59.0 Å². The van der Waals surface area contributed by atoms with E-state index in [2.05, 4.69) is 34.8 Å². The summed E-state index contributed by atoms with van der Waals surface area (Å²) in [6, 6.07) is 9.93. The Hall–Kier alpha value is -1.60. The van der Waals surface area contributed by atoms with Gasteiger partial charge in [0.15, 0.2) is 0 Å². The summed E-state index contributed by atoms with van der Waals surface area (Å²) in [5, 5.41) is 10.1. The van der Waals surface area contributed by atoms with Crippen LogP contribution in [-0.4, -0.2) is 33.9 Å². The van der Waals surface area contributed by atoms with Crippen molar-refractivity contribution in [3.63, 3.8) is 0 Å². The van der Waals surface area contributed by atoms with E-state index in [1.54, 1.807) is 6.20 Å². The molecule has 1 aliphatic rings. The van der Waals surface area contributed by atoms with Gasteiger partial charge in [0.25, 0.3) is 0 Å². The van der Waals surface area contributed by atoms with E-state index in [9.17, 15) is 4.79 Å². The number of nitrogens with zero attached hydrogens (tertiary/aromatic N) is 2. The van der Waals surface area contributed by atoms with Crippen LogP contribution in [0.3, 0.4) is 0 Å². The predicted octanol–water partition coefficient (Wildman–Crippen LogP) is 4.21. The maximum absolute atomic E-state index is 12.2. The van der Waals surface area contributed by atoms with Gasteiger partial charge >= 0.3 is 6.03 Å². The lowest BCUT2D eigenvalue weighted by Gasteiger charge is -2.21. The highest BCUT2D eigenvalue weighted by molar-refractivity contribution is 8.16. The minimum atomic E-state index is -0.159. The van der Waals surface area contributed by atoms with E-state index in [0.29, 0.717) is 17.0 Å². The lowest BCUT2D eigenvalue weighted by atomic mass is 10.2. The Morgan fingerprint density at radius 2 is 2.20 bits per heavy atom. The summed E-state index contributed by atoms with van der Waals surface area (Å²) in [4.78, 5) is 12.2. The number of amides is 2. The Morgan fingerprint density at radius 1 is 1.36 bits per heavy atom. The van der Waals surface area contributed by atoms with Crippen LogP contribution in [0, 0.1) is 5.92 Å². The van der Waals surface area contributed by atoms with E-state index in [4.69, 9.17) is 0 Å². The van der Waals surface area contributed by atoms with Crippen molar-refractivity contribution < 1.29 is 4.79 Å². The van der Waals surface area contributed by atoms with Crippen molar-refractivity contribution in [3.8, 4) is 0 Å². The Morgan fingerprint density at radius 3 is 2.96 bits per heavy atom. The van der Waals surface area contributed by atoms with Crippen LogP contribution in [0.1, 0.15) is 23.5 Å². The van der Waals surface area contributed by atoms with Gasteiger partial charge in [-0.3, -0.25) is 4.68 Å². The minimum Gasteiger partial charge on any atom is -0.338 e. The summed E-state index contributed by atoms with van der Waals surface area (Å²) in [7, 11) is 0. The average Bonchev–Trinajstić information content (AvgIpc) is 3.14. The van der Waals surface area contributed by atoms with E-state index >= 15 is 0 Å². The van der Waals surface area contributed by atoms with E-state index in [1.807, 2.05) is 52.6 Å². The van der Waals surface area contributed by atoms with Crippen molar-refractivity contribution in [1.82, 2.24) is 15.1 Å². The minimum absolute atomic E-state index is 0.159. The van der Waals surface area contributed by atoms with Crippen LogP contribution in [0.2, 0.25) is 0 Å². The molecular formula is C18H24N4OS2. The zero-order valence-electron chi connectivity index (χ0n) is 14.4. The molecule has 0 aliphatic carbocycles. The highest BCUT2D eigenvalue weighted by Gasteiger charge is 2.17. The van der Waals surface area contributed by atoms with Gasteiger partial charge in [-0.25, -0.2) is 4.79 Å². The second kappa shape index (κ2) is 9.20. The monoisotopic (exact) mass is 376 g/mol. The van der Waals surface area contributed by atoms with Crippen molar-refractivity contribution in [1.29, 1.82) is 0 Å². The summed E-state index contributed by atoms with van der Waals surface area (Å²) >= 11 is 3.97. The molecule has 25 heavy (non-hydrogen) atoms. The molecule has 1 atom stereocenters. The van der Waals surface area contributed by atoms with Gasteiger partial charge in [0.1, 0.15) is 0 Å². The first-order chi connectivity index (χ1) is 12.2. The van der Waals surface area contributed by atoms with Gasteiger partial charge in [-0.2, -0.15) is 5.10 Å². The third-order valence-electron chi connectivity index (χ3n) is 3.91. The number of carbonyl (C=O) groups is 1. The summed E-state index contributed by atoms with van der Waals surface area (Å²) in [6.45, 7) is 3.50. The fourth-order valence-electron chi connectivity index (χ4n) is 2.68. The summed E-state index contributed by atoms with van der Waals surface area (Å²) in [6.07, 6.45) is 4.98. The quantitative estimate of drug-likeness (QED) is 0.793. The van der Waals surface area contributed by atoms with Crippen LogP contribution in [0.5, 0.6) is 0 Å². The molecule has 0 unspecified atom stereocenters. The van der Waals surface area contributed by atoms with Gasteiger partial charge in [-0.05, 0) is 47.6 Å². The van der Waals surface area contributed by atoms with Crippen LogP contribution in [0.25, 0.3) is 0 Å². The molecule has 7 heteroatoms. The zero-order chi connectivity index (χ0) is 17.5. The number of benzene rings is 1. The van der Waals surface area contributed by atoms with E-state index in [1.165, 1.54) is 23.5 Å². The maximum atomic E-state index is 12.2. The second-order valence-electron chi connectivity index (χ2n) is 6.22. The third kappa shape index (κ3) is 5.71. The Bertz CT molecular complexity index is 671. The number of hydrogen-bond acceptors (Lipinski definition) is 4. The first kappa shape index (κ1) is 18.2. The Balaban J connectivity index is 1.47. The van der Waals surface area contributed by atoms with Gasteiger partial charge in [-0.1, -0.05) is 19.1 Å². The highest BCUT2D eigenvalue weighted by atomic mass is 32.2. The molecule has 0 saturated carbocycles. The van der Waals surface area contributed by atoms with Gasteiger partial charge in [0, 0.05) is 31.2 Å². The normalized spacial score (nSPS) is 16.4. The van der Waals surface area contributed by atoms with Crippen LogP contribution in [0.15, 0.2) is 42.7 Å². The zero-order valence-corrected chi connectivity index (χ0v) is 16.0. The van der Waals surface area contributed by atoms with Crippen molar-refractivity contribution >= 4 is 35.2 Å². The molecular weight excluding hydrogens is 352 g/mol. The summed E-state index contributed by atoms with van der Waals surface area (Å²) < 4.78 is 2.36. The molecule has 0 radical (unpaired) electrons. The smallest absolute Gasteiger partial charge is 0.319 e. The van der Waals surface area contributed by atoms with Gasteiger partial charge in [0.2, 0.25) is 0 Å². The highest BCUT2D eigenvalue weighted by Crippen LogP contribution is 2.43. The molecule has 1 saturated heterocycles. The van der Waals surface area contributed by atoms with Gasteiger partial charge in [-0.15, -0.1) is 23.5 Å². The first-order valence-corrected chi connectivity index (χ1v) is 10.7. The molecule has 2 aromatic rings. The van der Waals surface area contributed by atoms with Crippen LogP contribution < -0.4 is 10.6 Å². The molecule has 0 bridgehead atoms. The molecule has 0 spiro atoms. The largest absolute Gasteiger partial charge is 0.338 e. The number of urea groups is 1. The summed E-state index contributed by atoms with van der Waals surface area (Å²) in [5.41, 5.74) is 2.13. The molecule has 2 amide bonds. The van der Waals surface area contributed by atoms with Crippen molar-refractivity contribution in [3.05, 3.63) is 48.3 Å². The average molecular weight is 377 g/mol. The van der Waals surface area contributed by atoms with Crippen molar-refractivity contribution in [2.75, 3.05) is 23.4 Å². The lowest BCUT2D eigenvalue weighted by Crippen LogP contribution is -2.33. The maximum Gasteiger partial charge on any atom is 0.319 e. The van der Waals surface area contributed by atoms with E-state index < -0.39 is 0 Å². The van der Waals surface area contributed by atoms with E-state index in [-0.39, 0.29) is 6.03 Å². The molecule has 3 rings (SSSR count). The second-order valence-corrected chi connectivity index (χ2v) is 8.95. The number of thioether (sulfide) groups is 2. The Labute approximate surface area is 157 Å². The molecule has 1 aromatic heterocycles. The number of rotatable bonds is 6.